The third-order valence-corrected chi connectivity index (χ3v) is 10.0. The summed E-state index contributed by atoms with van der Waals surface area (Å²) in [5.74, 6) is -0.921. The first-order chi connectivity index (χ1) is 22.7. The number of phosphoric acid groups is 3. The Morgan fingerprint density at radius 1 is 1.12 bits per heavy atom. The van der Waals surface area contributed by atoms with Crippen LogP contribution in [0.5, 0.6) is 0 Å². The summed E-state index contributed by atoms with van der Waals surface area (Å²) in [6, 6.07) is 0. The van der Waals surface area contributed by atoms with E-state index in [1.165, 1.54) is 13.8 Å². The van der Waals surface area contributed by atoms with Gasteiger partial charge in [-0.25, -0.2) is 28.6 Å². The second kappa shape index (κ2) is 17.1. The number of carbonyl (C=O) groups excluding carboxylic acids is 2. The maximum Gasteiger partial charge on any atom is 0.481 e. The molecule has 49 heavy (non-hydrogen) atoms. The molecule has 0 spiro atoms. The summed E-state index contributed by atoms with van der Waals surface area (Å²) < 4.78 is 65.3. The molecule has 2 unspecified atom stereocenters. The molecule has 8 N–H and O–H groups in total. The number of carbonyl (C=O) groups is 2. The molecule has 2 amide bonds. The van der Waals surface area contributed by atoms with Crippen LogP contribution >= 0.6 is 36.1 Å². The molecule has 3 rings (SSSR count). The summed E-state index contributed by atoms with van der Waals surface area (Å²) >= 11 is 8.59. The number of aliphatic hydroxyl groups is 2. The summed E-state index contributed by atoms with van der Waals surface area (Å²) in [4.78, 5) is 74.8. The maximum atomic E-state index is 12.6. The number of imidazole rings is 1. The Labute approximate surface area is 288 Å². The molecule has 1 aliphatic rings. The highest BCUT2D eigenvalue weighted by Gasteiger charge is 2.50. The SMILES string of the molecule is CC(C)(COP(=O)(O)OP(=O)(O)OC[C@H]1O[C@@H](n2cnc3c(N=S)ncnc32)[C@H](O)[C@@H]1OP(=O)(O)O)[C@@H](O)C(=O)NCCC(=O)NCCS. The molecule has 276 valence electrons. The van der Waals surface area contributed by atoms with E-state index in [0.29, 0.717) is 12.3 Å². The Bertz CT molecular complexity index is 1650. The fourth-order valence-electron chi connectivity index (χ4n) is 4.17. The van der Waals surface area contributed by atoms with Crippen molar-refractivity contribution in [2.24, 2.45) is 9.78 Å². The fraction of sp³-hybridized carbons (Fsp3) is 0.667. The zero-order valence-corrected chi connectivity index (χ0v) is 29.9. The van der Waals surface area contributed by atoms with E-state index < -0.39 is 78.6 Å². The smallest absolute Gasteiger partial charge is 0.386 e. The molecule has 7 atom stereocenters. The lowest BCUT2D eigenvalue weighted by atomic mass is 9.87. The van der Waals surface area contributed by atoms with Crippen molar-refractivity contribution in [2.75, 3.05) is 32.1 Å². The summed E-state index contributed by atoms with van der Waals surface area (Å²) in [6.45, 7) is 0.703. The quantitative estimate of drug-likeness (QED) is 0.0615. The number of hydrogen-bond donors (Lipinski definition) is 9. The molecule has 0 bridgehead atoms. The number of thiol groups is 1. The zero-order chi connectivity index (χ0) is 36.8. The van der Waals surface area contributed by atoms with Crippen LogP contribution in [0.1, 0.15) is 26.5 Å². The highest BCUT2D eigenvalue weighted by atomic mass is 32.1. The molecule has 0 radical (unpaired) electrons. The lowest BCUT2D eigenvalue weighted by molar-refractivity contribution is -0.137. The van der Waals surface area contributed by atoms with Crippen molar-refractivity contribution < 1.29 is 75.7 Å². The van der Waals surface area contributed by atoms with E-state index in [9.17, 15) is 53.1 Å². The van der Waals surface area contributed by atoms with Gasteiger partial charge in [0.25, 0.3) is 0 Å². The minimum absolute atomic E-state index is 0.00849. The number of ether oxygens (including phenoxy) is 1. The minimum atomic E-state index is -5.55. The number of fused-ring (bicyclic) bond motifs is 1. The van der Waals surface area contributed by atoms with Crippen LogP contribution in [0.25, 0.3) is 11.2 Å². The molecule has 3 heterocycles. The molecule has 28 heteroatoms. The Kier molecular flexibility index (Phi) is 14.5. The highest BCUT2D eigenvalue weighted by molar-refractivity contribution is 7.80. The van der Waals surface area contributed by atoms with E-state index >= 15 is 0 Å². The lowest BCUT2D eigenvalue weighted by Crippen LogP contribution is -2.46. The van der Waals surface area contributed by atoms with Gasteiger partial charge < -0.3 is 45.2 Å². The van der Waals surface area contributed by atoms with Crippen LogP contribution in [0.4, 0.5) is 5.82 Å². The average molecular weight is 798 g/mol. The van der Waals surface area contributed by atoms with Gasteiger partial charge in [-0.3, -0.25) is 27.7 Å². The molecule has 2 aromatic heterocycles. The molecular formula is C21H34N7O16P3S2. The van der Waals surface area contributed by atoms with E-state index in [0.717, 1.165) is 17.2 Å². The topological polar surface area (TPSA) is 333 Å². The zero-order valence-electron chi connectivity index (χ0n) is 25.5. The summed E-state index contributed by atoms with van der Waals surface area (Å²) in [5.41, 5.74) is -1.49. The standard InChI is InChI=1S/C21H34N7O16P3S2/c1-21(2,16(31)19(32)23-4-3-12(29)22-5-6-48)8-41-47(38,39)44-46(36,37)40-7-11-15(43-45(33,34)35)14(30)20(42-11)28-10-26-13-17(27-49)24-9-25-18(13)28/h9-11,14-16,20,30-31,48H,3-8H2,1-2H3,(H,22,29)(H,23,32)(H,36,37)(H,38,39)(H2,33,34,35)/t11-,14-,15-,16+,20-/m1/s1. The predicted molar refractivity (Wildman–Crippen MR) is 169 cm³/mol. The molecule has 0 aromatic carbocycles. The third-order valence-electron chi connectivity index (χ3n) is 6.55. The first-order valence-electron chi connectivity index (χ1n) is 13.8. The van der Waals surface area contributed by atoms with Gasteiger partial charge in [0.15, 0.2) is 23.2 Å². The van der Waals surface area contributed by atoms with Crippen LogP contribution in [-0.4, -0.2) is 118 Å². The number of nitrogens with zero attached hydrogens (tertiary/aromatic N) is 5. The Morgan fingerprint density at radius 2 is 1.80 bits per heavy atom. The number of aliphatic hydroxyl groups excluding tert-OH is 2. The van der Waals surface area contributed by atoms with Gasteiger partial charge in [0.2, 0.25) is 11.8 Å². The van der Waals surface area contributed by atoms with Crippen molar-refractivity contribution in [3.63, 3.8) is 0 Å². The van der Waals surface area contributed by atoms with E-state index in [1.807, 2.05) is 0 Å². The molecule has 1 saturated heterocycles. The van der Waals surface area contributed by atoms with Crippen LogP contribution in [0.15, 0.2) is 17.0 Å². The van der Waals surface area contributed by atoms with Crippen LogP contribution in [-0.2, 0) is 58.3 Å². The third kappa shape index (κ3) is 11.8. The van der Waals surface area contributed by atoms with E-state index in [2.05, 4.69) is 63.8 Å². The first kappa shape index (κ1) is 41.5. The Morgan fingerprint density at radius 3 is 2.43 bits per heavy atom. The summed E-state index contributed by atoms with van der Waals surface area (Å²) in [7, 11) is -16.3. The lowest BCUT2D eigenvalue weighted by Gasteiger charge is -2.30. The van der Waals surface area contributed by atoms with Crippen LogP contribution in [0, 0.1) is 5.41 Å². The van der Waals surface area contributed by atoms with Crippen molar-refractivity contribution in [1.82, 2.24) is 30.2 Å². The number of amides is 2. The largest absolute Gasteiger partial charge is 0.481 e. The van der Waals surface area contributed by atoms with Crippen LogP contribution in [0.2, 0.25) is 0 Å². The van der Waals surface area contributed by atoms with Gasteiger partial charge in [-0.1, -0.05) is 13.8 Å². The van der Waals surface area contributed by atoms with Crippen molar-refractivity contribution in [3.8, 4) is 0 Å². The number of nitrogens with one attached hydrogen (secondary N) is 2. The van der Waals surface area contributed by atoms with Crippen molar-refractivity contribution in [1.29, 1.82) is 0 Å². The predicted octanol–water partition coefficient (Wildman–Crippen LogP) is -0.885. The molecule has 1 aliphatic heterocycles. The molecular weight excluding hydrogens is 763 g/mol. The number of hydrogen-bond acceptors (Lipinski definition) is 18. The van der Waals surface area contributed by atoms with Crippen LogP contribution in [0.3, 0.4) is 0 Å². The van der Waals surface area contributed by atoms with Crippen molar-refractivity contribution in [3.05, 3.63) is 12.7 Å². The van der Waals surface area contributed by atoms with E-state index in [4.69, 9.17) is 13.8 Å². The van der Waals surface area contributed by atoms with E-state index in [1.54, 1.807) is 0 Å². The normalized spacial score (nSPS) is 23.0. The highest BCUT2D eigenvalue weighted by Crippen LogP contribution is 2.61. The molecule has 0 saturated carbocycles. The Balaban J connectivity index is 1.62. The second-order valence-electron chi connectivity index (χ2n) is 10.8. The van der Waals surface area contributed by atoms with Gasteiger partial charge in [-0.15, -0.1) is 0 Å². The molecule has 0 aliphatic carbocycles. The van der Waals surface area contributed by atoms with Gasteiger partial charge >= 0.3 is 23.5 Å². The minimum Gasteiger partial charge on any atom is -0.386 e. The van der Waals surface area contributed by atoms with E-state index in [-0.39, 0.29) is 35.9 Å². The van der Waals surface area contributed by atoms with Gasteiger partial charge in [-0.2, -0.15) is 21.3 Å². The van der Waals surface area contributed by atoms with Crippen molar-refractivity contribution in [2.45, 2.75) is 50.9 Å². The monoisotopic (exact) mass is 797 g/mol. The summed E-state index contributed by atoms with van der Waals surface area (Å²) in [5, 5.41) is 26.1. The van der Waals surface area contributed by atoms with Gasteiger partial charge in [0.1, 0.15) is 30.7 Å². The number of aromatic nitrogens is 4. The van der Waals surface area contributed by atoms with Gasteiger partial charge in [-0.05, 0) is 0 Å². The molecule has 1 fully saturated rings. The van der Waals surface area contributed by atoms with Gasteiger partial charge in [0.05, 0.1) is 19.5 Å². The fourth-order valence-corrected chi connectivity index (χ4v) is 7.25. The second-order valence-corrected chi connectivity index (χ2v) is 15.7. The van der Waals surface area contributed by atoms with Crippen molar-refractivity contribution >= 4 is 77.3 Å². The average Bonchev–Trinajstić information content (AvgIpc) is 3.56. The number of phosphoric ester groups is 3. The van der Waals surface area contributed by atoms with Crippen LogP contribution < -0.4 is 10.6 Å². The molecule has 23 nitrogen and oxygen atoms in total. The number of rotatable bonds is 19. The van der Waals surface area contributed by atoms with Gasteiger partial charge in [0, 0.05) is 43.1 Å². The summed E-state index contributed by atoms with van der Waals surface area (Å²) in [6.07, 6.45) is -6.82. The first-order valence-corrected chi connectivity index (χ1v) is 19.3. The molecule has 2 aromatic rings. The Hall–Kier alpha value is -1.89. The maximum absolute atomic E-state index is 12.6.